The van der Waals surface area contributed by atoms with E-state index in [1.165, 1.54) is 48.4 Å². The van der Waals surface area contributed by atoms with Gasteiger partial charge in [-0.2, -0.15) is 5.10 Å². The fourth-order valence-corrected chi connectivity index (χ4v) is 5.24. The highest BCUT2D eigenvalue weighted by molar-refractivity contribution is 7.98. The molecule has 5 aromatic rings. The number of H-pyrrole nitrogens is 1. The van der Waals surface area contributed by atoms with Gasteiger partial charge in [-0.3, -0.25) is 14.6 Å². The summed E-state index contributed by atoms with van der Waals surface area (Å²) >= 11 is 1.52. The van der Waals surface area contributed by atoms with Crippen molar-refractivity contribution in [3.05, 3.63) is 84.0 Å². The average Bonchev–Trinajstić information content (AvgIpc) is 3.52. The van der Waals surface area contributed by atoms with E-state index in [9.17, 15) is 13.2 Å². The van der Waals surface area contributed by atoms with E-state index < -0.39 is 10.0 Å². The van der Waals surface area contributed by atoms with Gasteiger partial charge in [0.25, 0.3) is 15.9 Å². The zero-order chi connectivity index (χ0) is 25.1. The molecule has 0 spiro atoms. The molecule has 11 nitrogen and oxygen atoms in total. The Morgan fingerprint density at radius 1 is 1.11 bits per heavy atom. The van der Waals surface area contributed by atoms with Crippen molar-refractivity contribution in [2.24, 2.45) is 0 Å². The minimum atomic E-state index is -3.84. The summed E-state index contributed by atoms with van der Waals surface area (Å²) in [6, 6.07) is 14.6. The van der Waals surface area contributed by atoms with Gasteiger partial charge in [-0.05, 0) is 48.9 Å². The number of hydrogen-bond donors (Lipinski definition) is 3. The zero-order valence-corrected chi connectivity index (χ0v) is 20.4. The fourth-order valence-electron chi connectivity index (χ4n) is 3.34. The van der Waals surface area contributed by atoms with Gasteiger partial charge in [0.2, 0.25) is 0 Å². The van der Waals surface area contributed by atoms with E-state index in [0.717, 1.165) is 16.0 Å². The number of aromatic nitrogens is 5. The Kier molecular flexibility index (Phi) is 6.40. The zero-order valence-electron chi connectivity index (χ0n) is 18.8. The molecule has 0 aliphatic heterocycles. The lowest BCUT2D eigenvalue weighted by Gasteiger charge is -2.09. The second-order valence-electron chi connectivity index (χ2n) is 7.71. The van der Waals surface area contributed by atoms with E-state index in [0.29, 0.717) is 28.4 Å². The van der Waals surface area contributed by atoms with Crippen LogP contribution in [0.5, 0.6) is 0 Å². The molecular weight excluding hydrogens is 502 g/mol. The Hall–Kier alpha value is -4.23. The number of aryl methyl sites for hydroxylation is 1. The van der Waals surface area contributed by atoms with Crippen molar-refractivity contribution in [1.29, 1.82) is 0 Å². The number of thioether (sulfide) groups is 1. The molecule has 182 valence electrons. The van der Waals surface area contributed by atoms with Crippen molar-refractivity contribution in [2.45, 2.75) is 22.6 Å². The second-order valence-corrected chi connectivity index (χ2v) is 10.4. The van der Waals surface area contributed by atoms with Crippen LogP contribution in [0.3, 0.4) is 0 Å². The number of fused-ring (bicyclic) bond motifs is 1. The Morgan fingerprint density at radius 3 is 2.72 bits per heavy atom. The van der Waals surface area contributed by atoms with Gasteiger partial charge in [-0.1, -0.05) is 17.3 Å². The van der Waals surface area contributed by atoms with Gasteiger partial charge in [0, 0.05) is 23.1 Å². The van der Waals surface area contributed by atoms with Crippen molar-refractivity contribution < 1.29 is 17.7 Å². The highest BCUT2D eigenvalue weighted by atomic mass is 32.2. The number of amides is 1. The second kappa shape index (κ2) is 9.79. The normalized spacial score (nSPS) is 11.5. The molecule has 2 aromatic carbocycles. The summed E-state index contributed by atoms with van der Waals surface area (Å²) in [5, 5.41) is 14.9. The molecule has 0 atom stereocenters. The fraction of sp³-hybridized carbons (Fsp3) is 0.0870. The maximum absolute atomic E-state index is 12.8. The number of benzene rings is 2. The van der Waals surface area contributed by atoms with Crippen LogP contribution < -0.4 is 10.0 Å². The quantitative estimate of drug-likeness (QED) is 0.203. The van der Waals surface area contributed by atoms with E-state index in [4.69, 9.17) is 4.52 Å². The summed E-state index contributed by atoms with van der Waals surface area (Å²) < 4.78 is 32.3. The smallest absolute Gasteiger partial charge is 0.263 e. The van der Waals surface area contributed by atoms with Crippen LogP contribution in [-0.2, 0) is 15.8 Å². The molecule has 13 heteroatoms. The minimum Gasteiger partial charge on any atom is -0.360 e. The molecule has 3 aromatic heterocycles. The van der Waals surface area contributed by atoms with Crippen LogP contribution in [0.1, 0.15) is 21.7 Å². The maximum Gasteiger partial charge on any atom is 0.263 e. The predicted molar refractivity (Wildman–Crippen MR) is 134 cm³/mol. The third-order valence-corrected chi connectivity index (χ3v) is 7.51. The summed E-state index contributed by atoms with van der Waals surface area (Å²) in [5.74, 6) is 0.866. The monoisotopic (exact) mass is 521 g/mol. The van der Waals surface area contributed by atoms with E-state index >= 15 is 0 Å². The predicted octanol–water partition coefficient (Wildman–Crippen LogP) is 3.99. The van der Waals surface area contributed by atoms with Gasteiger partial charge in [0.15, 0.2) is 11.5 Å². The summed E-state index contributed by atoms with van der Waals surface area (Å²) in [4.78, 5) is 21.3. The van der Waals surface area contributed by atoms with Crippen molar-refractivity contribution >= 4 is 50.2 Å². The number of carbonyl (C=O) groups excluding carboxylic acids is 1. The first-order chi connectivity index (χ1) is 17.4. The highest BCUT2D eigenvalue weighted by Gasteiger charge is 2.17. The van der Waals surface area contributed by atoms with Crippen molar-refractivity contribution in [2.75, 3.05) is 10.0 Å². The Labute approximate surface area is 209 Å². The molecule has 0 aliphatic carbocycles. The Bertz CT molecular complexity index is 1650. The number of carbonyl (C=O) groups is 1. The lowest BCUT2D eigenvalue weighted by Crippen LogP contribution is -2.14. The number of nitrogens with one attached hydrogen (secondary N) is 3. The van der Waals surface area contributed by atoms with Crippen LogP contribution in [0.4, 0.5) is 11.5 Å². The molecule has 0 aliphatic rings. The molecule has 3 N–H and O–H groups in total. The molecule has 36 heavy (non-hydrogen) atoms. The largest absolute Gasteiger partial charge is 0.360 e. The first kappa shape index (κ1) is 23.5. The van der Waals surface area contributed by atoms with Crippen LogP contribution in [0.15, 0.2) is 81.6 Å². The maximum atomic E-state index is 12.8. The van der Waals surface area contributed by atoms with Crippen LogP contribution in [0.25, 0.3) is 11.0 Å². The van der Waals surface area contributed by atoms with Crippen LogP contribution in [0, 0.1) is 6.92 Å². The summed E-state index contributed by atoms with van der Waals surface area (Å²) in [5.41, 5.74) is 2.55. The van der Waals surface area contributed by atoms with Crippen LogP contribution in [0.2, 0.25) is 0 Å². The van der Waals surface area contributed by atoms with Gasteiger partial charge in [0.05, 0.1) is 16.5 Å². The number of rotatable bonds is 8. The van der Waals surface area contributed by atoms with Crippen molar-refractivity contribution in [3.63, 3.8) is 0 Å². The molecule has 5 rings (SSSR count). The topological polar surface area (TPSA) is 156 Å². The number of anilines is 2. The number of nitrogens with zero attached hydrogens (tertiary/aromatic N) is 4. The molecular formula is C23H19N7O4S2. The van der Waals surface area contributed by atoms with Gasteiger partial charge >= 0.3 is 0 Å². The van der Waals surface area contributed by atoms with Gasteiger partial charge in [0.1, 0.15) is 17.1 Å². The minimum absolute atomic E-state index is 0.0247. The third-order valence-electron chi connectivity index (χ3n) is 5.07. The molecule has 3 heterocycles. The molecule has 0 saturated heterocycles. The first-order valence-corrected chi connectivity index (χ1v) is 13.1. The lowest BCUT2D eigenvalue weighted by atomic mass is 10.1. The van der Waals surface area contributed by atoms with E-state index in [2.05, 4.69) is 35.4 Å². The first-order valence-electron chi connectivity index (χ1n) is 10.6. The van der Waals surface area contributed by atoms with Gasteiger partial charge in [-0.15, -0.1) is 11.8 Å². The summed E-state index contributed by atoms with van der Waals surface area (Å²) in [7, 11) is -3.84. The van der Waals surface area contributed by atoms with E-state index in [-0.39, 0.29) is 16.6 Å². The van der Waals surface area contributed by atoms with Crippen molar-refractivity contribution in [3.8, 4) is 0 Å². The lowest BCUT2D eigenvalue weighted by molar-refractivity contribution is 0.102. The third kappa shape index (κ3) is 5.21. The Balaban J connectivity index is 1.23. The molecule has 0 radical (unpaired) electrons. The highest BCUT2D eigenvalue weighted by Crippen LogP contribution is 2.27. The van der Waals surface area contributed by atoms with Crippen LogP contribution in [-0.4, -0.2) is 39.6 Å². The standard InChI is InChI=1S/C23H19N7O4S2/c1-14-9-20(29-34-14)30-36(32,33)18-7-5-17(6-8-18)27-22(31)16-4-2-3-15(10-16)12-35-23-19-11-26-28-21(19)24-13-25-23/h2-11,13H,12H2,1H3,(H,27,31)(H,29,30)(H,24,25,26,28). The summed E-state index contributed by atoms with van der Waals surface area (Å²) in [6.07, 6.45) is 3.16. The van der Waals surface area contributed by atoms with Crippen molar-refractivity contribution in [1.82, 2.24) is 25.3 Å². The number of aromatic amines is 1. The Morgan fingerprint density at radius 2 is 1.94 bits per heavy atom. The number of sulfonamides is 1. The summed E-state index contributed by atoms with van der Waals surface area (Å²) in [6.45, 7) is 1.66. The average molecular weight is 522 g/mol. The molecule has 0 fully saturated rings. The molecule has 1 amide bonds. The molecule has 0 unspecified atom stereocenters. The molecule has 0 bridgehead atoms. The van der Waals surface area contributed by atoms with E-state index in [1.54, 1.807) is 25.3 Å². The van der Waals surface area contributed by atoms with Gasteiger partial charge in [-0.25, -0.2) is 18.4 Å². The number of hydrogen-bond acceptors (Lipinski definition) is 9. The van der Waals surface area contributed by atoms with Gasteiger partial charge < -0.3 is 9.84 Å². The van der Waals surface area contributed by atoms with Crippen LogP contribution >= 0.6 is 11.8 Å². The van der Waals surface area contributed by atoms with E-state index in [1.807, 2.05) is 12.1 Å². The SMILES string of the molecule is Cc1cc(NS(=O)(=O)c2ccc(NC(=O)c3cccc(CSc4ncnc5[nH]ncc45)c3)cc2)no1. The molecule has 0 saturated carbocycles.